The number of nitriles is 1. The third-order valence-corrected chi connectivity index (χ3v) is 7.30. The molecule has 1 aliphatic rings. The first-order valence-electron chi connectivity index (χ1n) is 13.5. The van der Waals surface area contributed by atoms with Crippen LogP contribution in [0.4, 0.5) is 0 Å². The molecule has 0 saturated carbocycles. The Morgan fingerprint density at radius 1 is 0.878 bits per heavy atom. The van der Waals surface area contributed by atoms with Crippen LogP contribution < -0.4 is 5.32 Å². The summed E-state index contributed by atoms with van der Waals surface area (Å²) >= 11 is 0. The lowest BCUT2D eigenvalue weighted by molar-refractivity contribution is 0.343. The Bertz CT molecular complexity index is 1880. The lowest BCUT2D eigenvalue weighted by Gasteiger charge is -2.22. The first kappa shape index (κ1) is 24.7. The van der Waals surface area contributed by atoms with Crippen molar-refractivity contribution in [2.24, 2.45) is 0 Å². The summed E-state index contributed by atoms with van der Waals surface area (Å²) in [6.07, 6.45) is 11.5. The first-order valence-corrected chi connectivity index (χ1v) is 13.5. The maximum Gasteiger partial charge on any atom is 0.221 e. The van der Waals surface area contributed by atoms with E-state index in [1.165, 1.54) is 0 Å². The monoisotopic (exact) mass is 539 g/mol. The molecule has 200 valence electrons. The van der Waals surface area contributed by atoms with Gasteiger partial charge in [-0.2, -0.15) is 10.4 Å². The smallest absolute Gasteiger partial charge is 0.221 e. The number of nitrogens with zero attached hydrogens (tertiary/aromatic N) is 10. The average Bonchev–Trinajstić information content (AvgIpc) is 3.70. The van der Waals surface area contributed by atoms with Crippen molar-refractivity contribution in [2.75, 3.05) is 13.1 Å². The number of aromatic nitrogens is 9. The molecule has 7 rings (SSSR count). The summed E-state index contributed by atoms with van der Waals surface area (Å²) in [4.78, 5) is 18.5. The van der Waals surface area contributed by atoms with E-state index in [0.29, 0.717) is 41.0 Å². The molecule has 1 saturated heterocycles. The Kier molecular flexibility index (Phi) is 6.42. The average molecular weight is 540 g/mol. The van der Waals surface area contributed by atoms with Gasteiger partial charge < -0.3 is 5.32 Å². The van der Waals surface area contributed by atoms with Crippen molar-refractivity contribution in [1.29, 1.82) is 5.26 Å². The van der Waals surface area contributed by atoms with Crippen LogP contribution in [-0.4, -0.2) is 57.8 Å². The predicted octanol–water partition coefficient (Wildman–Crippen LogP) is 4.05. The molecule has 2 aromatic carbocycles. The van der Waals surface area contributed by atoms with Crippen molar-refractivity contribution in [2.45, 2.75) is 25.4 Å². The number of hydrogen-bond donors (Lipinski definition) is 1. The summed E-state index contributed by atoms with van der Waals surface area (Å²) in [6, 6.07) is 17.9. The second-order valence-electron chi connectivity index (χ2n) is 10.0. The van der Waals surface area contributed by atoms with E-state index in [4.69, 9.17) is 4.98 Å². The Hall–Kier alpha value is -5.34. The van der Waals surface area contributed by atoms with Crippen molar-refractivity contribution >= 4 is 11.3 Å². The van der Waals surface area contributed by atoms with Gasteiger partial charge >= 0.3 is 0 Å². The van der Waals surface area contributed by atoms with Crippen molar-refractivity contribution in [3.8, 4) is 39.8 Å². The Morgan fingerprint density at radius 2 is 1.71 bits per heavy atom. The fourth-order valence-corrected chi connectivity index (χ4v) is 5.11. The molecule has 0 atom stereocenters. The van der Waals surface area contributed by atoms with Gasteiger partial charge in [0.1, 0.15) is 0 Å². The molecule has 41 heavy (non-hydrogen) atoms. The molecule has 1 N–H and O–H groups in total. The fraction of sp³-hybridized carbons (Fsp3) is 0.200. The number of piperidine rings is 1. The van der Waals surface area contributed by atoms with E-state index in [2.05, 4.69) is 52.6 Å². The third-order valence-electron chi connectivity index (χ3n) is 7.30. The summed E-state index contributed by atoms with van der Waals surface area (Å²) in [6.45, 7) is 2.50. The highest BCUT2D eigenvalue weighted by Crippen LogP contribution is 2.25. The van der Waals surface area contributed by atoms with E-state index in [1.54, 1.807) is 23.0 Å². The van der Waals surface area contributed by atoms with E-state index in [1.807, 2.05) is 55.0 Å². The minimum atomic E-state index is 0.433. The maximum absolute atomic E-state index is 9.25. The molecule has 0 amide bonds. The van der Waals surface area contributed by atoms with Gasteiger partial charge in [0.25, 0.3) is 0 Å². The number of hydrogen-bond acceptors (Lipinski definition) is 9. The maximum atomic E-state index is 9.25. The molecule has 11 nitrogen and oxygen atoms in total. The second-order valence-corrected chi connectivity index (χ2v) is 10.0. The minimum absolute atomic E-state index is 0.433. The van der Waals surface area contributed by atoms with Crippen LogP contribution in [0, 0.1) is 11.3 Å². The largest absolute Gasteiger partial charge is 0.317 e. The van der Waals surface area contributed by atoms with E-state index >= 15 is 0 Å². The predicted molar refractivity (Wildman–Crippen MR) is 152 cm³/mol. The highest BCUT2D eigenvalue weighted by atomic mass is 15.4. The van der Waals surface area contributed by atoms with Crippen LogP contribution in [0.5, 0.6) is 0 Å². The standard InChI is InChI=1S/C30H25N11/c31-13-20-3-1-5-22(11-20)27-17-35-29-30(37-27)41(39-38-29)18-21-4-2-6-23(12-21)28-33-14-24(15-34-28)25-16-36-40(19-25)26-7-9-32-10-8-26/h1-6,11-12,14-17,19,26,32H,7-10,18H2. The van der Waals surface area contributed by atoms with E-state index < -0.39 is 0 Å². The molecule has 5 heterocycles. The quantitative estimate of drug-likeness (QED) is 0.332. The number of benzene rings is 2. The molecule has 1 aliphatic heterocycles. The van der Waals surface area contributed by atoms with Crippen LogP contribution >= 0.6 is 0 Å². The topological polar surface area (TPSA) is 136 Å². The van der Waals surface area contributed by atoms with Crippen molar-refractivity contribution < 1.29 is 0 Å². The Balaban J connectivity index is 1.11. The van der Waals surface area contributed by atoms with Gasteiger partial charge in [-0.15, -0.1) is 5.10 Å². The minimum Gasteiger partial charge on any atom is -0.317 e. The highest BCUT2D eigenvalue weighted by Gasteiger charge is 2.17. The van der Waals surface area contributed by atoms with Gasteiger partial charge in [0, 0.05) is 40.8 Å². The van der Waals surface area contributed by atoms with Crippen molar-refractivity contribution in [3.63, 3.8) is 0 Å². The molecule has 1 fully saturated rings. The van der Waals surface area contributed by atoms with Crippen LogP contribution in [0.2, 0.25) is 0 Å². The molecular weight excluding hydrogens is 514 g/mol. The van der Waals surface area contributed by atoms with E-state index in [9.17, 15) is 5.26 Å². The van der Waals surface area contributed by atoms with Gasteiger partial charge in [0.05, 0.1) is 42.3 Å². The lowest BCUT2D eigenvalue weighted by atomic mass is 10.1. The van der Waals surface area contributed by atoms with Gasteiger partial charge in [-0.05, 0) is 49.7 Å². The lowest BCUT2D eigenvalue weighted by Crippen LogP contribution is -2.29. The van der Waals surface area contributed by atoms with Crippen LogP contribution in [0.1, 0.15) is 30.0 Å². The zero-order chi connectivity index (χ0) is 27.6. The molecule has 4 aromatic heterocycles. The van der Waals surface area contributed by atoms with Crippen LogP contribution in [-0.2, 0) is 6.54 Å². The molecule has 11 heteroatoms. The van der Waals surface area contributed by atoms with Gasteiger partial charge in [-0.1, -0.05) is 35.5 Å². The van der Waals surface area contributed by atoms with Gasteiger partial charge in [0.2, 0.25) is 5.65 Å². The second kappa shape index (κ2) is 10.7. The van der Waals surface area contributed by atoms with Gasteiger partial charge in [0.15, 0.2) is 11.5 Å². The van der Waals surface area contributed by atoms with E-state index in [0.717, 1.165) is 53.7 Å². The van der Waals surface area contributed by atoms with E-state index in [-0.39, 0.29) is 0 Å². The number of rotatable bonds is 6. The zero-order valence-corrected chi connectivity index (χ0v) is 22.1. The van der Waals surface area contributed by atoms with Crippen LogP contribution in [0.3, 0.4) is 0 Å². The van der Waals surface area contributed by atoms with Crippen LogP contribution in [0.25, 0.3) is 45.1 Å². The fourth-order valence-electron chi connectivity index (χ4n) is 5.11. The van der Waals surface area contributed by atoms with Gasteiger partial charge in [-0.25, -0.2) is 24.6 Å². The van der Waals surface area contributed by atoms with Gasteiger partial charge in [-0.3, -0.25) is 4.68 Å². The molecule has 0 spiro atoms. The number of fused-ring (bicyclic) bond motifs is 1. The molecule has 0 bridgehead atoms. The molecule has 6 aromatic rings. The van der Waals surface area contributed by atoms with Crippen molar-refractivity contribution in [1.82, 2.24) is 50.0 Å². The molecule has 0 unspecified atom stereocenters. The molecule has 0 aliphatic carbocycles. The summed E-state index contributed by atoms with van der Waals surface area (Å²) in [5.41, 5.74) is 6.93. The molecule has 0 radical (unpaired) electrons. The molecular formula is C30H25N11. The van der Waals surface area contributed by atoms with Crippen molar-refractivity contribution in [3.05, 3.63) is 90.6 Å². The Labute approximate surface area is 235 Å². The third kappa shape index (κ3) is 5.04. The van der Waals surface area contributed by atoms with Crippen LogP contribution in [0.15, 0.2) is 79.5 Å². The SMILES string of the molecule is N#Cc1cccc(-c2cnc3nnn(Cc4cccc(-c5ncc(-c6cnn(C7CCNCC7)c6)cn5)c4)c3n2)c1. The zero-order valence-electron chi connectivity index (χ0n) is 22.1. The first-order chi connectivity index (χ1) is 20.2. The Morgan fingerprint density at radius 3 is 2.56 bits per heavy atom. The number of nitrogens with one attached hydrogen (secondary N) is 1. The summed E-state index contributed by atoms with van der Waals surface area (Å²) < 4.78 is 3.79. The summed E-state index contributed by atoms with van der Waals surface area (Å²) in [7, 11) is 0. The highest BCUT2D eigenvalue weighted by molar-refractivity contribution is 5.71. The summed E-state index contributed by atoms with van der Waals surface area (Å²) in [5.74, 6) is 0.643. The summed E-state index contributed by atoms with van der Waals surface area (Å²) in [5, 5.41) is 25.7. The normalized spacial score (nSPS) is 13.8.